The molecule has 35 heavy (non-hydrogen) atoms. The maximum Gasteiger partial charge on any atom is 0.255 e. The van der Waals surface area contributed by atoms with Crippen LogP contribution in [0.15, 0.2) is 54.6 Å². The lowest BCUT2D eigenvalue weighted by Crippen LogP contribution is -2.50. The Kier molecular flexibility index (Phi) is 7.85. The van der Waals surface area contributed by atoms with Crippen LogP contribution in [0.3, 0.4) is 0 Å². The Morgan fingerprint density at radius 3 is 2.09 bits per heavy atom. The van der Waals surface area contributed by atoms with Crippen LogP contribution in [0, 0.1) is 5.92 Å². The van der Waals surface area contributed by atoms with E-state index in [0.29, 0.717) is 39.0 Å². The molecule has 1 saturated heterocycles. The third-order valence-corrected chi connectivity index (χ3v) is 8.55. The summed E-state index contributed by atoms with van der Waals surface area (Å²) in [5.74, 6) is -1.52. The van der Waals surface area contributed by atoms with Gasteiger partial charge in [-0.3, -0.25) is 9.59 Å². The van der Waals surface area contributed by atoms with Gasteiger partial charge in [0.2, 0.25) is 10.0 Å². The van der Waals surface area contributed by atoms with Crippen molar-refractivity contribution in [1.82, 2.24) is 14.5 Å². The zero-order valence-corrected chi connectivity index (χ0v) is 20.2. The number of hydrogen-bond acceptors (Lipinski definition) is 6. The van der Waals surface area contributed by atoms with E-state index in [1.165, 1.54) is 9.21 Å². The first kappa shape index (κ1) is 25.3. The predicted octanol–water partition coefficient (Wildman–Crippen LogP) is 0.609. The number of aliphatic hydroxyl groups is 2. The zero-order chi connectivity index (χ0) is 25.0. The van der Waals surface area contributed by atoms with Crippen molar-refractivity contribution in [1.29, 1.82) is 0 Å². The van der Waals surface area contributed by atoms with Crippen LogP contribution in [0.25, 0.3) is 0 Å². The molecule has 2 aromatic carbocycles. The molecule has 1 fully saturated rings. The lowest BCUT2D eigenvalue weighted by Gasteiger charge is -2.31. The van der Waals surface area contributed by atoms with Crippen LogP contribution in [0.4, 0.5) is 0 Å². The second-order valence-electron chi connectivity index (χ2n) is 9.18. The third kappa shape index (κ3) is 6.07. The number of carbonyl (C=O) groups excluding carboxylic acids is 2. The Morgan fingerprint density at radius 2 is 1.49 bits per heavy atom. The van der Waals surface area contributed by atoms with Crippen molar-refractivity contribution in [2.75, 3.05) is 19.6 Å². The molecule has 2 aromatic rings. The van der Waals surface area contributed by atoms with Gasteiger partial charge in [0.05, 0.1) is 5.75 Å². The van der Waals surface area contributed by atoms with Gasteiger partial charge in [-0.15, -0.1) is 0 Å². The number of fused-ring (bicyclic) bond motifs is 1. The Hall–Kier alpha value is -2.79. The van der Waals surface area contributed by atoms with Crippen molar-refractivity contribution in [2.45, 2.75) is 43.9 Å². The minimum atomic E-state index is -3.42. The lowest BCUT2D eigenvalue weighted by molar-refractivity contribution is -0.153. The molecule has 3 N–H and O–H groups in total. The van der Waals surface area contributed by atoms with Gasteiger partial charge in [0.25, 0.3) is 11.8 Å². The van der Waals surface area contributed by atoms with Crippen molar-refractivity contribution in [3.63, 3.8) is 0 Å². The monoisotopic (exact) mass is 501 g/mol. The summed E-state index contributed by atoms with van der Waals surface area (Å²) in [6, 6.07) is 16.6. The van der Waals surface area contributed by atoms with Crippen LogP contribution in [0.5, 0.6) is 0 Å². The molecule has 2 aliphatic rings. The molecule has 9 nitrogen and oxygen atoms in total. The quantitative estimate of drug-likeness (QED) is 0.486. The van der Waals surface area contributed by atoms with Crippen LogP contribution in [0.2, 0.25) is 0 Å². The average molecular weight is 502 g/mol. The molecule has 2 amide bonds. The Labute approximate surface area is 205 Å². The van der Waals surface area contributed by atoms with Crippen LogP contribution in [0.1, 0.15) is 29.5 Å². The maximum absolute atomic E-state index is 12.7. The number of benzene rings is 2. The largest absolute Gasteiger partial charge is 0.380 e. The van der Waals surface area contributed by atoms with Crippen LogP contribution < -0.4 is 5.32 Å². The fourth-order valence-electron chi connectivity index (χ4n) is 4.57. The molecule has 0 bridgehead atoms. The van der Waals surface area contributed by atoms with Gasteiger partial charge in [0.15, 0.2) is 12.2 Å². The van der Waals surface area contributed by atoms with E-state index in [1.54, 1.807) is 12.1 Å². The highest BCUT2D eigenvalue weighted by atomic mass is 32.2. The number of aliphatic hydroxyl groups excluding tert-OH is 2. The highest BCUT2D eigenvalue weighted by molar-refractivity contribution is 7.88. The third-order valence-electron chi connectivity index (χ3n) is 6.70. The Balaban J connectivity index is 1.21. The van der Waals surface area contributed by atoms with Gasteiger partial charge < -0.3 is 20.4 Å². The summed E-state index contributed by atoms with van der Waals surface area (Å²) in [5, 5.41) is 23.2. The van der Waals surface area contributed by atoms with Gasteiger partial charge in [-0.05, 0) is 35.4 Å². The van der Waals surface area contributed by atoms with Crippen LogP contribution in [-0.4, -0.2) is 71.5 Å². The van der Waals surface area contributed by atoms with E-state index in [2.05, 4.69) is 5.32 Å². The molecule has 0 aliphatic carbocycles. The summed E-state index contributed by atoms with van der Waals surface area (Å²) in [5.41, 5.74) is 2.69. The van der Waals surface area contributed by atoms with E-state index in [1.807, 2.05) is 42.5 Å². The Morgan fingerprint density at radius 1 is 0.914 bits per heavy atom. The number of rotatable bonds is 8. The topological polar surface area (TPSA) is 127 Å². The van der Waals surface area contributed by atoms with Crippen molar-refractivity contribution < 1.29 is 28.2 Å². The summed E-state index contributed by atoms with van der Waals surface area (Å²) in [6.45, 7) is 1.60. The molecule has 0 spiro atoms. The minimum Gasteiger partial charge on any atom is -0.380 e. The predicted molar refractivity (Wildman–Crippen MR) is 129 cm³/mol. The number of carbonyl (C=O) groups is 2. The van der Waals surface area contributed by atoms with Crippen molar-refractivity contribution in [2.24, 2.45) is 5.92 Å². The molecule has 2 atom stereocenters. The van der Waals surface area contributed by atoms with E-state index in [0.717, 1.165) is 16.7 Å². The fourth-order valence-corrected chi connectivity index (χ4v) is 6.14. The molecule has 2 aliphatic heterocycles. The first-order chi connectivity index (χ1) is 16.7. The van der Waals surface area contributed by atoms with Crippen LogP contribution in [-0.2, 0) is 38.5 Å². The van der Waals surface area contributed by atoms with Gasteiger partial charge in [-0.1, -0.05) is 54.6 Å². The number of nitrogens with zero attached hydrogens (tertiary/aromatic N) is 2. The summed E-state index contributed by atoms with van der Waals surface area (Å²) < 4.78 is 26.9. The van der Waals surface area contributed by atoms with E-state index < -0.39 is 34.0 Å². The van der Waals surface area contributed by atoms with E-state index >= 15 is 0 Å². The zero-order valence-electron chi connectivity index (χ0n) is 19.4. The number of nitrogens with one attached hydrogen (secondary N) is 1. The smallest absolute Gasteiger partial charge is 0.255 e. The number of amides is 2. The fraction of sp³-hybridized carbons (Fsp3) is 0.440. The molecule has 0 unspecified atom stereocenters. The minimum absolute atomic E-state index is 0.0373. The summed E-state index contributed by atoms with van der Waals surface area (Å²) in [4.78, 5) is 26.4. The molecule has 0 aromatic heterocycles. The molecule has 0 radical (unpaired) electrons. The molecule has 0 saturated carbocycles. The van der Waals surface area contributed by atoms with Crippen molar-refractivity contribution in [3.8, 4) is 0 Å². The van der Waals surface area contributed by atoms with Gasteiger partial charge in [0, 0.05) is 32.7 Å². The standard InChI is InChI=1S/C25H31N3O6S/c29-22(23(30)25(32)27-15-20-8-4-5-9-21(20)16-27)24(31)26-14-18-10-12-28(13-11-18)35(33,34)17-19-6-2-1-3-7-19/h1-9,18,22-23,29-30H,10-17H2,(H,26,31)/t22-,23-/m1/s1. The van der Waals surface area contributed by atoms with Crippen LogP contribution >= 0.6 is 0 Å². The van der Waals surface area contributed by atoms with Gasteiger partial charge in [0.1, 0.15) is 0 Å². The second-order valence-corrected chi connectivity index (χ2v) is 11.2. The van der Waals surface area contributed by atoms with E-state index in [4.69, 9.17) is 0 Å². The molecule has 188 valence electrons. The van der Waals surface area contributed by atoms with Gasteiger partial charge in [-0.2, -0.15) is 0 Å². The first-order valence-electron chi connectivity index (χ1n) is 11.8. The first-order valence-corrected chi connectivity index (χ1v) is 13.4. The van der Waals surface area contributed by atoms with Gasteiger partial charge in [-0.25, -0.2) is 12.7 Å². The summed E-state index contributed by atoms with van der Waals surface area (Å²) >= 11 is 0. The molecule has 10 heteroatoms. The molecule has 2 heterocycles. The lowest BCUT2D eigenvalue weighted by atomic mass is 9.98. The van der Waals surface area contributed by atoms with E-state index in [-0.39, 0.29) is 18.2 Å². The summed E-state index contributed by atoms with van der Waals surface area (Å²) in [7, 11) is -3.42. The number of piperidine rings is 1. The summed E-state index contributed by atoms with van der Waals surface area (Å²) in [6.07, 6.45) is -2.60. The van der Waals surface area contributed by atoms with E-state index in [9.17, 15) is 28.2 Å². The maximum atomic E-state index is 12.7. The Bertz CT molecular complexity index is 1120. The molecular weight excluding hydrogens is 470 g/mol. The number of hydrogen-bond donors (Lipinski definition) is 3. The highest BCUT2D eigenvalue weighted by Crippen LogP contribution is 2.24. The number of sulfonamides is 1. The SMILES string of the molecule is O=C(NCC1CCN(S(=O)(=O)Cc2ccccc2)CC1)[C@H](O)[C@@H](O)C(=O)N1Cc2ccccc2C1. The molecule has 4 rings (SSSR count). The van der Waals surface area contributed by atoms with Gasteiger partial charge >= 0.3 is 0 Å². The normalized spacial score (nSPS) is 18.6. The average Bonchev–Trinajstić information content (AvgIpc) is 3.31. The highest BCUT2D eigenvalue weighted by Gasteiger charge is 2.36. The van der Waals surface area contributed by atoms with Crippen molar-refractivity contribution >= 4 is 21.8 Å². The molecular formula is C25H31N3O6S. The second kappa shape index (κ2) is 10.9. The van der Waals surface area contributed by atoms with Crippen molar-refractivity contribution in [3.05, 3.63) is 71.3 Å².